The van der Waals surface area contributed by atoms with Crippen LogP contribution < -0.4 is 5.32 Å². The van der Waals surface area contributed by atoms with Crippen molar-refractivity contribution in [2.75, 3.05) is 40.4 Å². The average molecular weight is 230 g/mol. The molecule has 0 aromatic heterocycles. The minimum atomic E-state index is 0.697. The van der Waals surface area contributed by atoms with E-state index in [2.05, 4.69) is 31.0 Å². The van der Waals surface area contributed by atoms with E-state index >= 15 is 0 Å². The Bertz CT molecular complexity index is 149. The molecule has 0 saturated heterocycles. The zero-order valence-electron chi connectivity index (χ0n) is 11.8. The Labute approximate surface area is 102 Å². The van der Waals surface area contributed by atoms with Crippen LogP contribution in [0, 0.1) is 5.92 Å². The molecule has 0 aliphatic heterocycles. The van der Waals surface area contributed by atoms with E-state index in [9.17, 15) is 0 Å². The largest absolute Gasteiger partial charge is 0.383 e. The van der Waals surface area contributed by atoms with Gasteiger partial charge in [0, 0.05) is 26.2 Å². The van der Waals surface area contributed by atoms with Crippen LogP contribution in [0.2, 0.25) is 0 Å². The van der Waals surface area contributed by atoms with Crippen molar-refractivity contribution in [3.63, 3.8) is 0 Å². The summed E-state index contributed by atoms with van der Waals surface area (Å²) >= 11 is 0. The van der Waals surface area contributed by atoms with Crippen molar-refractivity contribution in [2.24, 2.45) is 5.92 Å². The lowest BCUT2D eigenvalue weighted by Gasteiger charge is -2.32. The normalized spacial score (nSPS) is 13.7. The van der Waals surface area contributed by atoms with Gasteiger partial charge in [0.05, 0.1) is 6.61 Å². The molecule has 0 radical (unpaired) electrons. The molecule has 0 aromatic carbocycles. The minimum absolute atomic E-state index is 0.697. The SMILES string of the molecule is CCC(CC)N(CCOC)CC(C)CNC. The summed E-state index contributed by atoms with van der Waals surface area (Å²) in [5.41, 5.74) is 0. The molecule has 1 unspecified atom stereocenters. The van der Waals surface area contributed by atoms with Crippen LogP contribution in [0.5, 0.6) is 0 Å². The highest BCUT2D eigenvalue weighted by Gasteiger charge is 2.16. The fourth-order valence-electron chi connectivity index (χ4n) is 2.25. The molecule has 0 bridgehead atoms. The lowest BCUT2D eigenvalue weighted by molar-refractivity contribution is 0.104. The molecule has 0 saturated carbocycles. The number of nitrogens with one attached hydrogen (secondary N) is 1. The van der Waals surface area contributed by atoms with Gasteiger partial charge in [0.25, 0.3) is 0 Å². The number of hydrogen-bond acceptors (Lipinski definition) is 3. The summed E-state index contributed by atoms with van der Waals surface area (Å²) in [5, 5.41) is 3.25. The maximum absolute atomic E-state index is 5.20. The highest BCUT2D eigenvalue weighted by molar-refractivity contribution is 4.72. The third-order valence-electron chi connectivity index (χ3n) is 3.14. The molecule has 0 rings (SSSR count). The topological polar surface area (TPSA) is 24.5 Å². The van der Waals surface area contributed by atoms with Crippen molar-refractivity contribution < 1.29 is 4.74 Å². The third kappa shape index (κ3) is 6.46. The molecule has 3 nitrogen and oxygen atoms in total. The summed E-state index contributed by atoms with van der Waals surface area (Å²) in [4.78, 5) is 2.57. The van der Waals surface area contributed by atoms with Gasteiger partial charge in [-0.3, -0.25) is 4.90 Å². The first kappa shape index (κ1) is 15.9. The lowest BCUT2D eigenvalue weighted by Crippen LogP contribution is -2.41. The number of methoxy groups -OCH3 is 1. The fraction of sp³-hybridized carbons (Fsp3) is 1.00. The van der Waals surface area contributed by atoms with Gasteiger partial charge in [0.15, 0.2) is 0 Å². The number of rotatable bonds is 10. The molecule has 16 heavy (non-hydrogen) atoms. The second kappa shape index (κ2) is 10.1. The van der Waals surface area contributed by atoms with E-state index in [1.54, 1.807) is 7.11 Å². The number of hydrogen-bond donors (Lipinski definition) is 1. The Hall–Kier alpha value is -0.120. The van der Waals surface area contributed by atoms with Crippen molar-refractivity contribution in [1.29, 1.82) is 0 Å². The molecule has 0 spiro atoms. The maximum atomic E-state index is 5.20. The van der Waals surface area contributed by atoms with Crippen LogP contribution in [0.1, 0.15) is 33.6 Å². The van der Waals surface area contributed by atoms with Crippen LogP contribution in [-0.2, 0) is 4.74 Å². The summed E-state index contributed by atoms with van der Waals surface area (Å²) in [6.07, 6.45) is 2.46. The Morgan fingerprint density at radius 1 is 1.25 bits per heavy atom. The molecule has 1 atom stereocenters. The molecular formula is C13H30N2O. The monoisotopic (exact) mass is 230 g/mol. The van der Waals surface area contributed by atoms with Crippen LogP contribution in [0.15, 0.2) is 0 Å². The predicted molar refractivity (Wildman–Crippen MR) is 70.9 cm³/mol. The molecule has 0 amide bonds. The van der Waals surface area contributed by atoms with E-state index in [4.69, 9.17) is 4.74 Å². The molecule has 1 N–H and O–H groups in total. The number of nitrogens with zero attached hydrogens (tertiary/aromatic N) is 1. The maximum Gasteiger partial charge on any atom is 0.0589 e. The molecule has 0 heterocycles. The van der Waals surface area contributed by atoms with Crippen molar-refractivity contribution in [3.8, 4) is 0 Å². The van der Waals surface area contributed by atoms with Gasteiger partial charge >= 0.3 is 0 Å². The van der Waals surface area contributed by atoms with Gasteiger partial charge in [-0.1, -0.05) is 20.8 Å². The Balaban J connectivity index is 4.17. The first-order valence-electron chi connectivity index (χ1n) is 6.57. The number of ether oxygens (including phenoxy) is 1. The smallest absolute Gasteiger partial charge is 0.0589 e. The highest BCUT2D eigenvalue weighted by Crippen LogP contribution is 2.11. The quantitative estimate of drug-likeness (QED) is 0.621. The zero-order valence-corrected chi connectivity index (χ0v) is 11.8. The average Bonchev–Trinajstić information content (AvgIpc) is 2.27. The summed E-state index contributed by atoms with van der Waals surface area (Å²) in [7, 11) is 3.80. The van der Waals surface area contributed by atoms with E-state index in [-0.39, 0.29) is 0 Å². The van der Waals surface area contributed by atoms with Crippen molar-refractivity contribution in [3.05, 3.63) is 0 Å². The van der Waals surface area contributed by atoms with Crippen molar-refractivity contribution in [2.45, 2.75) is 39.7 Å². The summed E-state index contributed by atoms with van der Waals surface area (Å²) in [6.45, 7) is 11.0. The standard InChI is InChI=1S/C13H30N2O/c1-6-13(7-2)15(8-9-16-5)11-12(3)10-14-4/h12-14H,6-11H2,1-5H3. The van der Waals surface area contributed by atoms with Crippen LogP contribution >= 0.6 is 0 Å². The van der Waals surface area contributed by atoms with Crippen molar-refractivity contribution >= 4 is 0 Å². The van der Waals surface area contributed by atoms with Crippen LogP contribution in [0.3, 0.4) is 0 Å². The Kier molecular flexibility index (Phi) is 9.99. The van der Waals surface area contributed by atoms with Crippen LogP contribution in [0.4, 0.5) is 0 Å². The minimum Gasteiger partial charge on any atom is -0.383 e. The van der Waals surface area contributed by atoms with Gasteiger partial charge in [0.2, 0.25) is 0 Å². The Morgan fingerprint density at radius 3 is 2.31 bits per heavy atom. The second-order valence-electron chi connectivity index (χ2n) is 4.62. The molecular weight excluding hydrogens is 200 g/mol. The van der Waals surface area contributed by atoms with E-state index in [1.165, 1.54) is 12.8 Å². The fourth-order valence-corrected chi connectivity index (χ4v) is 2.25. The molecule has 0 aliphatic rings. The molecule has 0 aromatic rings. The molecule has 0 fully saturated rings. The highest BCUT2D eigenvalue weighted by atomic mass is 16.5. The van der Waals surface area contributed by atoms with Crippen molar-refractivity contribution in [1.82, 2.24) is 10.2 Å². The van der Waals surface area contributed by atoms with Crippen LogP contribution in [-0.4, -0.2) is 51.3 Å². The van der Waals surface area contributed by atoms with E-state index in [1.807, 2.05) is 7.05 Å². The summed E-state index contributed by atoms with van der Waals surface area (Å²) < 4.78 is 5.20. The predicted octanol–water partition coefficient (Wildman–Crippen LogP) is 1.98. The van der Waals surface area contributed by atoms with E-state index < -0.39 is 0 Å². The lowest BCUT2D eigenvalue weighted by atomic mass is 10.1. The first-order valence-corrected chi connectivity index (χ1v) is 6.57. The molecule has 98 valence electrons. The van der Waals surface area contributed by atoms with E-state index in [0.717, 1.165) is 26.2 Å². The van der Waals surface area contributed by atoms with Gasteiger partial charge in [-0.2, -0.15) is 0 Å². The summed E-state index contributed by atoms with van der Waals surface area (Å²) in [5.74, 6) is 0.697. The van der Waals surface area contributed by atoms with Gasteiger partial charge in [0.1, 0.15) is 0 Å². The third-order valence-corrected chi connectivity index (χ3v) is 3.14. The van der Waals surface area contributed by atoms with Gasteiger partial charge in [-0.05, 0) is 32.4 Å². The van der Waals surface area contributed by atoms with Gasteiger partial charge in [-0.25, -0.2) is 0 Å². The van der Waals surface area contributed by atoms with E-state index in [0.29, 0.717) is 12.0 Å². The van der Waals surface area contributed by atoms with Crippen LogP contribution in [0.25, 0.3) is 0 Å². The van der Waals surface area contributed by atoms with Gasteiger partial charge < -0.3 is 10.1 Å². The first-order chi connectivity index (χ1) is 7.69. The molecule has 0 aliphatic carbocycles. The zero-order chi connectivity index (χ0) is 12.4. The molecule has 3 heteroatoms. The summed E-state index contributed by atoms with van der Waals surface area (Å²) in [6, 6.07) is 0.703. The Morgan fingerprint density at radius 2 is 1.88 bits per heavy atom. The second-order valence-corrected chi connectivity index (χ2v) is 4.62. The van der Waals surface area contributed by atoms with Gasteiger partial charge in [-0.15, -0.1) is 0 Å².